The number of nitrogens with one attached hydrogen (secondary N) is 1. The van der Waals surface area contributed by atoms with Gasteiger partial charge in [-0.15, -0.1) is 0 Å². The molecule has 0 atom stereocenters. The minimum absolute atomic E-state index is 0.117. The van der Waals surface area contributed by atoms with E-state index in [0.29, 0.717) is 0 Å². The van der Waals surface area contributed by atoms with E-state index in [2.05, 4.69) is 25.8 Å². The molecule has 0 spiro atoms. The summed E-state index contributed by atoms with van der Waals surface area (Å²) in [5, 5.41) is 0.784. The molecule has 146 valence electrons. The number of aromatic nitrogens is 1. The molecule has 0 radical (unpaired) electrons. The summed E-state index contributed by atoms with van der Waals surface area (Å²) in [6.07, 6.45) is 0. The van der Waals surface area contributed by atoms with Crippen LogP contribution in [0.4, 0.5) is 0 Å². The number of aromatic amines is 1. The fraction of sp³-hybridized carbons (Fsp3) is 0.571. The van der Waals surface area contributed by atoms with Crippen LogP contribution in [0.2, 0.25) is 0 Å². The molecule has 0 amide bonds. The molecule has 6 nitrogen and oxygen atoms in total. The molecule has 27 heavy (non-hydrogen) atoms. The molecule has 0 saturated carbocycles. The van der Waals surface area contributed by atoms with Crippen molar-refractivity contribution >= 4 is 10.9 Å². The van der Waals surface area contributed by atoms with Crippen molar-refractivity contribution in [3.8, 4) is 0 Å². The Morgan fingerprint density at radius 1 is 0.926 bits per heavy atom. The van der Waals surface area contributed by atoms with Crippen molar-refractivity contribution in [1.82, 2.24) is 19.7 Å². The van der Waals surface area contributed by atoms with Crippen molar-refractivity contribution in [2.45, 2.75) is 13.5 Å². The Kier molecular flexibility index (Phi) is 5.88. The van der Waals surface area contributed by atoms with E-state index in [1.165, 1.54) is 0 Å². The molecule has 2 saturated heterocycles. The van der Waals surface area contributed by atoms with Gasteiger partial charge in [0.2, 0.25) is 0 Å². The van der Waals surface area contributed by atoms with E-state index >= 15 is 0 Å². The Hall–Kier alpha value is -1.73. The highest BCUT2D eigenvalue weighted by Gasteiger charge is 2.19. The normalized spacial score (nSPS) is 20.3. The van der Waals surface area contributed by atoms with Crippen molar-refractivity contribution in [3.63, 3.8) is 0 Å². The average Bonchev–Trinajstić information content (AvgIpc) is 2.69. The van der Waals surface area contributed by atoms with Crippen LogP contribution in [0.25, 0.3) is 10.9 Å². The van der Waals surface area contributed by atoms with Gasteiger partial charge in [0.15, 0.2) is 5.43 Å². The van der Waals surface area contributed by atoms with Gasteiger partial charge < -0.3 is 9.72 Å². The molecule has 0 aliphatic carbocycles. The van der Waals surface area contributed by atoms with Crippen LogP contribution in [0.1, 0.15) is 11.3 Å². The highest BCUT2D eigenvalue weighted by Crippen LogP contribution is 2.13. The summed E-state index contributed by atoms with van der Waals surface area (Å²) in [6, 6.07) is 7.80. The maximum atomic E-state index is 12.4. The topological polar surface area (TPSA) is 51.8 Å². The Bertz CT molecular complexity index is 821. The van der Waals surface area contributed by atoms with Gasteiger partial charge >= 0.3 is 0 Å². The summed E-state index contributed by atoms with van der Waals surface area (Å²) < 4.78 is 5.42. The number of hydrogen-bond donors (Lipinski definition) is 1. The summed E-state index contributed by atoms with van der Waals surface area (Å²) in [5.74, 6) is 0. The molecule has 1 N–H and O–H groups in total. The highest BCUT2D eigenvalue weighted by molar-refractivity contribution is 5.79. The fourth-order valence-corrected chi connectivity index (χ4v) is 4.02. The van der Waals surface area contributed by atoms with Crippen LogP contribution in [-0.4, -0.2) is 85.3 Å². The number of rotatable bonds is 5. The van der Waals surface area contributed by atoms with Crippen molar-refractivity contribution in [2.75, 3.05) is 65.6 Å². The van der Waals surface area contributed by atoms with Gasteiger partial charge in [-0.05, 0) is 19.1 Å². The maximum Gasteiger partial charge on any atom is 0.189 e. The van der Waals surface area contributed by atoms with Crippen LogP contribution in [0.3, 0.4) is 0 Å². The lowest BCUT2D eigenvalue weighted by Gasteiger charge is -2.36. The molecule has 6 heteroatoms. The second-order valence-electron chi connectivity index (χ2n) is 7.78. The lowest BCUT2D eigenvalue weighted by Crippen LogP contribution is -2.49. The number of fused-ring (bicyclic) bond motifs is 1. The van der Waals surface area contributed by atoms with Gasteiger partial charge in [0.05, 0.1) is 13.2 Å². The smallest absolute Gasteiger partial charge is 0.189 e. The van der Waals surface area contributed by atoms with Gasteiger partial charge in [-0.25, -0.2) is 0 Å². The molecule has 4 rings (SSSR count). The standard InChI is InChI=1S/C21H30N4O2/c1-17-2-3-20-19(14-17)21(26)15-18(22-20)16-25-8-6-23(7-9-25)4-5-24-10-12-27-13-11-24/h2-3,14-15H,4-13,16H2,1H3,(H,22,26). The van der Waals surface area contributed by atoms with Gasteiger partial charge in [-0.1, -0.05) is 11.6 Å². The number of nitrogens with zero attached hydrogens (tertiary/aromatic N) is 3. The number of morpholine rings is 1. The summed E-state index contributed by atoms with van der Waals surface area (Å²) in [6.45, 7) is 13.3. The van der Waals surface area contributed by atoms with Crippen LogP contribution in [0, 0.1) is 6.92 Å². The lowest BCUT2D eigenvalue weighted by molar-refractivity contribution is 0.0296. The predicted molar refractivity (Wildman–Crippen MR) is 108 cm³/mol. The van der Waals surface area contributed by atoms with Gasteiger partial charge in [0.25, 0.3) is 0 Å². The minimum Gasteiger partial charge on any atom is -0.379 e. The van der Waals surface area contributed by atoms with Crippen LogP contribution < -0.4 is 5.43 Å². The zero-order valence-electron chi connectivity index (χ0n) is 16.2. The van der Waals surface area contributed by atoms with Gasteiger partial charge in [0, 0.05) is 81.6 Å². The largest absolute Gasteiger partial charge is 0.379 e. The van der Waals surface area contributed by atoms with E-state index in [-0.39, 0.29) is 5.43 Å². The zero-order valence-corrected chi connectivity index (χ0v) is 16.2. The molecule has 0 unspecified atom stereocenters. The van der Waals surface area contributed by atoms with Crippen LogP contribution in [-0.2, 0) is 11.3 Å². The summed E-state index contributed by atoms with van der Waals surface area (Å²) in [4.78, 5) is 23.4. The first kappa shape index (κ1) is 18.6. The number of pyridine rings is 1. The van der Waals surface area contributed by atoms with Crippen LogP contribution in [0.15, 0.2) is 29.1 Å². The van der Waals surface area contributed by atoms with Gasteiger partial charge in [-0.3, -0.25) is 19.5 Å². The van der Waals surface area contributed by atoms with Crippen LogP contribution in [0.5, 0.6) is 0 Å². The summed E-state index contributed by atoms with van der Waals surface area (Å²) in [5.41, 5.74) is 3.19. The maximum absolute atomic E-state index is 12.4. The van der Waals surface area contributed by atoms with Gasteiger partial charge in [0.1, 0.15) is 0 Å². The fourth-order valence-electron chi connectivity index (χ4n) is 4.02. The van der Waals surface area contributed by atoms with E-state index in [1.807, 2.05) is 19.1 Å². The van der Waals surface area contributed by atoms with Crippen molar-refractivity contribution < 1.29 is 4.74 Å². The summed E-state index contributed by atoms with van der Waals surface area (Å²) >= 11 is 0. The molecule has 2 aliphatic heterocycles. The van der Waals surface area contributed by atoms with Crippen molar-refractivity contribution in [2.24, 2.45) is 0 Å². The Morgan fingerprint density at radius 2 is 1.59 bits per heavy atom. The Labute approximate surface area is 160 Å². The molecular weight excluding hydrogens is 340 g/mol. The van der Waals surface area contributed by atoms with E-state index < -0.39 is 0 Å². The van der Waals surface area contributed by atoms with E-state index in [9.17, 15) is 4.79 Å². The highest BCUT2D eigenvalue weighted by atomic mass is 16.5. The molecular formula is C21H30N4O2. The van der Waals surface area contributed by atoms with E-state index in [1.54, 1.807) is 6.07 Å². The Morgan fingerprint density at radius 3 is 2.33 bits per heavy atom. The van der Waals surface area contributed by atoms with E-state index in [0.717, 1.165) is 94.3 Å². The number of hydrogen-bond acceptors (Lipinski definition) is 5. The molecule has 2 aromatic rings. The third-order valence-corrected chi connectivity index (χ3v) is 5.74. The zero-order chi connectivity index (χ0) is 18.6. The third-order valence-electron chi connectivity index (χ3n) is 5.74. The quantitative estimate of drug-likeness (QED) is 0.860. The lowest BCUT2D eigenvalue weighted by atomic mass is 10.1. The molecule has 0 bridgehead atoms. The number of H-pyrrole nitrogens is 1. The first-order valence-corrected chi connectivity index (χ1v) is 10.0. The minimum atomic E-state index is 0.117. The number of benzene rings is 1. The average molecular weight is 370 g/mol. The summed E-state index contributed by atoms with van der Waals surface area (Å²) in [7, 11) is 0. The molecule has 2 fully saturated rings. The second-order valence-corrected chi connectivity index (χ2v) is 7.78. The third kappa shape index (κ3) is 4.76. The monoisotopic (exact) mass is 370 g/mol. The van der Waals surface area contributed by atoms with E-state index in [4.69, 9.17) is 4.74 Å². The van der Waals surface area contributed by atoms with Crippen molar-refractivity contribution in [1.29, 1.82) is 0 Å². The SMILES string of the molecule is Cc1ccc2[nH]c(CN3CCN(CCN4CCOCC4)CC3)cc(=O)c2c1. The number of piperazine rings is 1. The van der Waals surface area contributed by atoms with Crippen molar-refractivity contribution in [3.05, 3.63) is 45.7 Å². The number of ether oxygens (including phenoxy) is 1. The molecule has 1 aromatic heterocycles. The van der Waals surface area contributed by atoms with Crippen LogP contribution >= 0.6 is 0 Å². The first-order valence-electron chi connectivity index (χ1n) is 10.0. The molecule has 2 aliphatic rings. The number of aryl methyl sites for hydroxylation is 1. The second kappa shape index (κ2) is 8.52. The molecule has 1 aromatic carbocycles. The predicted octanol–water partition coefficient (Wildman–Crippen LogP) is 1.29. The molecule has 3 heterocycles. The first-order chi connectivity index (χ1) is 13.2. The Balaban J connectivity index is 1.29. The van der Waals surface area contributed by atoms with Gasteiger partial charge in [-0.2, -0.15) is 0 Å².